The van der Waals surface area contributed by atoms with Crippen molar-refractivity contribution in [2.24, 2.45) is 0 Å². The van der Waals surface area contributed by atoms with Crippen LogP contribution in [0.3, 0.4) is 0 Å². The van der Waals surface area contributed by atoms with Crippen molar-refractivity contribution >= 4 is 28.5 Å². The van der Waals surface area contributed by atoms with E-state index in [1.54, 1.807) is 6.26 Å². The predicted molar refractivity (Wildman–Crippen MR) is 75.6 cm³/mol. The van der Waals surface area contributed by atoms with Gasteiger partial charge in [-0.1, -0.05) is 0 Å². The molecule has 0 aliphatic heterocycles. The summed E-state index contributed by atoms with van der Waals surface area (Å²) in [5.41, 5.74) is -0.0269. The molecule has 8 heteroatoms. The molecule has 1 rings (SSSR count). The van der Waals surface area contributed by atoms with Crippen molar-refractivity contribution in [3.8, 4) is 5.75 Å². The van der Waals surface area contributed by atoms with E-state index in [2.05, 4.69) is 10.6 Å². The Balaban J connectivity index is 2.52. The van der Waals surface area contributed by atoms with Gasteiger partial charge in [0.15, 0.2) is 0 Å². The van der Waals surface area contributed by atoms with Crippen molar-refractivity contribution in [1.82, 2.24) is 5.32 Å². The normalized spacial score (nSPS) is 11.7. The first-order valence-electron chi connectivity index (χ1n) is 5.81. The van der Waals surface area contributed by atoms with Gasteiger partial charge in [-0.2, -0.15) is 0 Å². The number of benzene rings is 1. The molecule has 0 saturated heterocycles. The van der Waals surface area contributed by atoms with Crippen LogP contribution in [0.15, 0.2) is 18.2 Å². The summed E-state index contributed by atoms with van der Waals surface area (Å²) in [7, 11) is -0.894. The minimum atomic E-state index is -1.28. The third-order valence-corrected chi connectivity index (χ3v) is 3.24. The first-order chi connectivity index (χ1) is 9.40. The molecule has 0 bridgehead atoms. The van der Waals surface area contributed by atoms with Crippen molar-refractivity contribution in [3.05, 3.63) is 23.8 Å². The average Bonchev–Trinajstić information content (AvgIpc) is 2.36. The van der Waals surface area contributed by atoms with Gasteiger partial charge in [0, 0.05) is 35.0 Å². The zero-order chi connectivity index (χ0) is 15.1. The second kappa shape index (κ2) is 7.49. The van der Waals surface area contributed by atoms with E-state index in [0.717, 1.165) is 0 Å². The standard InChI is InChI=1S/C12H16N2O5S/c1-20(19)6-2-5-13-12(18)14-8-3-4-10(15)9(7-8)11(16)17/h3-4,7,15H,2,5-6H2,1H3,(H,16,17)(H2,13,14,18). The molecule has 0 aromatic heterocycles. The second-order valence-electron chi connectivity index (χ2n) is 4.05. The second-order valence-corrected chi connectivity index (χ2v) is 5.60. The van der Waals surface area contributed by atoms with Gasteiger partial charge in [0.1, 0.15) is 11.3 Å². The van der Waals surface area contributed by atoms with Crippen molar-refractivity contribution in [2.45, 2.75) is 6.42 Å². The van der Waals surface area contributed by atoms with Crippen LogP contribution in [0, 0.1) is 0 Å². The Morgan fingerprint density at radius 2 is 2.05 bits per heavy atom. The van der Waals surface area contributed by atoms with Gasteiger partial charge in [-0.25, -0.2) is 9.59 Å². The number of carbonyl (C=O) groups is 2. The van der Waals surface area contributed by atoms with Crippen LogP contribution in [0.25, 0.3) is 0 Å². The Morgan fingerprint density at radius 1 is 1.35 bits per heavy atom. The fourth-order valence-corrected chi connectivity index (χ4v) is 1.99. The van der Waals surface area contributed by atoms with Crippen LogP contribution < -0.4 is 10.6 Å². The molecule has 0 aliphatic rings. The molecule has 20 heavy (non-hydrogen) atoms. The van der Waals surface area contributed by atoms with Gasteiger partial charge in [0.25, 0.3) is 0 Å². The molecule has 0 aliphatic carbocycles. The summed E-state index contributed by atoms with van der Waals surface area (Å²) in [6.07, 6.45) is 2.18. The minimum Gasteiger partial charge on any atom is -0.507 e. The van der Waals surface area contributed by atoms with Gasteiger partial charge >= 0.3 is 12.0 Å². The molecular weight excluding hydrogens is 284 g/mol. The van der Waals surface area contributed by atoms with E-state index < -0.39 is 22.8 Å². The van der Waals surface area contributed by atoms with E-state index in [1.165, 1.54) is 18.2 Å². The summed E-state index contributed by atoms with van der Waals surface area (Å²) < 4.78 is 10.8. The highest BCUT2D eigenvalue weighted by Crippen LogP contribution is 2.21. The average molecular weight is 300 g/mol. The number of carbonyl (C=O) groups excluding carboxylic acids is 1. The summed E-state index contributed by atoms with van der Waals surface area (Å²) >= 11 is 0. The Labute approximate surface area is 118 Å². The summed E-state index contributed by atoms with van der Waals surface area (Å²) in [6, 6.07) is 3.26. The molecular formula is C12H16N2O5S. The van der Waals surface area contributed by atoms with Crippen LogP contribution in [0.1, 0.15) is 16.8 Å². The molecule has 2 amide bonds. The van der Waals surface area contributed by atoms with Gasteiger partial charge < -0.3 is 20.8 Å². The van der Waals surface area contributed by atoms with Crippen LogP contribution in [-0.4, -0.2) is 45.0 Å². The molecule has 1 atom stereocenters. The maximum atomic E-state index is 11.5. The SMILES string of the molecule is CS(=O)CCCNC(=O)Nc1ccc(O)c(C(=O)O)c1. The monoisotopic (exact) mass is 300 g/mol. The minimum absolute atomic E-state index is 0.261. The van der Waals surface area contributed by atoms with Crippen molar-refractivity contribution in [1.29, 1.82) is 0 Å². The van der Waals surface area contributed by atoms with Crippen molar-refractivity contribution in [3.63, 3.8) is 0 Å². The maximum Gasteiger partial charge on any atom is 0.339 e. The molecule has 7 nitrogen and oxygen atoms in total. The van der Waals surface area contributed by atoms with E-state index in [9.17, 15) is 18.9 Å². The lowest BCUT2D eigenvalue weighted by Gasteiger charge is -2.08. The van der Waals surface area contributed by atoms with Crippen LogP contribution in [0.5, 0.6) is 5.75 Å². The van der Waals surface area contributed by atoms with E-state index in [4.69, 9.17) is 5.11 Å². The molecule has 4 N–H and O–H groups in total. The molecule has 1 unspecified atom stereocenters. The molecule has 0 saturated carbocycles. The zero-order valence-electron chi connectivity index (χ0n) is 10.9. The number of carboxylic acid groups (broad SMARTS) is 1. The van der Waals surface area contributed by atoms with Gasteiger partial charge in [-0.05, 0) is 24.6 Å². The highest BCUT2D eigenvalue weighted by molar-refractivity contribution is 7.84. The topological polar surface area (TPSA) is 116 Å². The smallest absolute Gasteiger partial charge is 0.339 e. The van der Waals surface area contributed by atoms with Crippen molar-refractivity contribution in [2.75, 3.05) is 23.9 Å². The first-order valence-corrected chi connectivity index (χ1v) is 7.54. The van der Waals surface area contributed by atoms with Gasteiger partial charge in [-0.3, -0.25) is 4.21 Å². The number of phenols is 1. The van der Waals surface area contributed by atoms with E-state index in [1.807, 2.05) is 0 Å². The molecule has 1 aromatic rings. The molecule has 0 heterocycles. The summed E-state index contributed by atoms with van der Waals surface area (Å²) in [6.45, 7) is 0.370. The number of aromatic hydroxyl groups is 1. The van der Waals surface area contributed by atoms with E-state index in [0.29, 0.717) is 18.7 Å². The third kappa shape index (κ3) is 5.27. The van der Waals surface area contributed by atoms with Crippen LogP contribution in [-0.2, 0) is 10.8 Å². The number of rotatable bonds is 6. The molecule has 110 valence electrons. The summed E-state index contributed by atoms with van der Waals surface area (Å²) in [5.74, 6) is -1.14. The Bertz CT molecular complexity index is 533. The summed E-state index contributed by atoms with van der Waals surface area (Å²) in [5, 5.41) is 23.2. The number of carboxylic acids is 1. The number of urea groups is 1. The third-order valence-electron chi connectivity index (χ3n) is 2.38. The van der Waals surface area contributed by atoms with Crippen LogP contribution >= 0.6 is 0 Å². The van der Waals surface area contributed by atoms with E-state index >= 15 is 0 Å². The van der Waals surface area contributed by atoms with Gasteiger partial charge in [0.2, 0.25) is 0 Å². The fraction of sp³-hybridized carbons (Fsp3) is 0.333. The lowest BCUT2D eigenvalue weighted by molar-refractivity contribution is 0.0693. The Kier molecular flexibility index (Phi) is 5.98. The fourth-order valence-electron chi connectivity index (χ4n) is 1.44. The molecule has 1 aromatic carbocycles. The lowest BCUT2D eigenvalue weighted by atomic mass is 10.2. The van der Waals surface area contributed by atoms with Gasteiger partial charge in [-0.15, -0.1) is 0 Å². The van der Waals surface area contributed by atoms with Crippen LogP contribution in [0.4, 0.5) is 10.5 Å². The Hall–Kier alpha value is -2.09. The molecule has 0 spiro atoms. The number of hydrogen-bond acceptors (Lipinski definition) is 4. The summed E-state index contributed by atoms with van der Waals surface area (Å²) in [4.78, 5) is 22.3. The lowest BCUT2D eigenvalue weighted by Crippen LogP contribution is -2.30. The zero-order valence-corrected chi connectivity index (χ0v) is 11.7. The quantitative estimate of drug-likeness (QED) is 0.461. The highest BCUT2D eigenvalue weighted by atomic mass is 32.2. The van der Waals surface area contributed by atoms with Gasteiger partial charge in [0.05, 0.1) is 0 Å². The number of nitrogens with one attached hydrogen (secondary N) is 2. The predicted octanol–water partition coefficient (Wildman–Crippen LogP) is 0.980. The molecule has 0 fully saturated rings. The largest absolute Gasteiger partial charge is 0.507 e. The maximum absolute atomic E-state index is 11.5. The van der Waals surface area contributed by atoms with E-state index in [-0.39, 0.29) is 17.0 Å². The first kappa shape index (κ1) is 16.0. The number of aromatic carboxylic acids is 1. The van der Waals surface area contributed by atoms with Crippen molar-refractivity contribution < 1.29 is 24.0 Å². The Morgan fingerprint density at radius 3 is 2.65 bits per heavy atom. The van der Waals surface area contributed by atoms with Crippen LogP contribution in [0.2, 0.25) is 0 Å². The number of amides is 2. The number of anilines is 1. The molecule has 0 radical (unpaired) electrons. The number of hydrogen-bond donors (Lipinski definition) is 4. The highest BCUT2D eigenvalue weighted by Gasteiger charge is 2.11.